The highest BCUT2D eigenvalue weighted by Gasteiger charge is 2.21. The second-order valence-corrected chi connectivity index (χ2v) is 4.91. The van der Waals surface area contributed by atoms with Crippen molar-refractivity contribution in [2.45, 2.75) is 31.7 Å². The summed E-state index contributed by atoms with van der Waals surface area (Å²) in [6, 6.07) is 5.96. The van der Waals surface area contributed by atoms with Crippen molar-refractivity contribution in [2.75, 3.05) is 18.0 Å². The highest BCUT2D eigenvalue weighted by atomic mass is 16.4. The van der Waals surface area contributed by atoms with Crippen LogP contribution in [0.2, 0.25) is 0 Å². The molecule has 0 unspecified atom stereocenters. The van der Waals surface area contributed by atoms with Crippen molar-refractivity contribution in [1.82, 2.24) is 10.3 Å². The number of amides is 1. The predicted molar refractivity (Wildman–Crippen MR) is 74.5 cm³/mol. The van der Waals surface area contributed by atoms with Gasteiger partial charge in [0, 0.05) is 31.7 Å². The van der Waals surface area contributed by atoms with Crippen LogP contribution < -0.4 is 10.2 Å². The minimum atomic E-state index is -0.940. The van der Waals surface area contributed by atoms with Crippen LogP contribution >= 0.6 is 0 Å². The molecule has 1 aliphatic heterocycles. The van der Waals surface area contributed by atoms with Crippen molar-refractivity contribution in [3.05, 3.63) is 24.4 Å². The fraction of sp³-hybridized carbons (Fsp3) is 0.500. The number of aliphatic carboxylic acids is 1. The van der Waals surface area contributed by atoms with E-state index >= 15 is 0 Å². The molecule has 2 heterocycles. The first-order valence-corrected chi connectivity index (χ1v) is 6.82. The molecule has 0 atom stereocenters. The number of carbonyl (C=O) groups is 2. The molecule has 0 aliphatic carbocycles. The van der Waals surface area contributed by atoms with Crippen LogP contribution in [0.15, 0.2) is 24.4 Å². The number of piperidine rings is 1. The van der Waals surface area contributed by atoms with Crippen LogP contribution in [0, 0.1) is 0 Å². The van der Waals surface area contributed by atoms with E-state index in [1.54, 1.807) is 6.20 Å². The van der Waals surface area contributed by atoms with Gasteiger partial charge in [-0.05, 0) is 25.0 Å². The first-order chi connectivity index (χ1) is 9.65. The molecule has 1 aromatic rings. The normalized spacial score (nSPS) is 15.9. The number of carboxylic acid groups (broad SMARTS) is 1. The van der Waals surface area contributed by atoms with Crippen molar-refractivity contribution in [3.8, 4) is 0 Å². The van der Waals surface area contributed by atoms with Crippen LogP contribution in [-0.4, -0.2) is 41.1 Å². The zero-order chi connectivity index (χ0) is 14.4. The number of carboxylic acids is 1. The molecule has 1 aliphatic rings. The molecule has 108 valence electrons. The van der Waals surface area contributed by atoms with Crippen LogP contribution in [0.5, 0.6) is 0 Å². The van der Waals surface area contributed by atoms with Gasteiger partial charge in [0.1, 0.15) is 5.82 Å². The Balaban J connectivity index is 1.74. The molecule has 20 heavy (non-hydrogen) atoms. The summed E-state index contributed by atoms with van der Waals surface area (Å²) in [6.45, 7) is 1.70. The van der Waals surface area contributed by atoms with Gasteiger partial charge in [0.15, 0.2) is 0 Å². The Morgan fingerprint density at radius 2 is 2.05 bits per heavy atom. The third-order valence-electron chi connectivity index (χ3n) is 3.40. The van der Waals surface area contributed by atoms with E-state index in [0.29, 0.717) is 0 Å². The number of pyridine rings is 1. The molecule has 1 saturated heterocycles. The third-order valence-corrected chi connectivity index (χ3v) is 3.40. The number of nitrogens with zero attached hydrogens (tertiary/aromatic N) is 2. The van der Waals surface area contributed by atoms with Gasteiger partial charge in [0.25, 0.3) is 0 Å². The summed E-state index contributed by atoms with van der Waals surface area (Å²) in [5.74, 6) is -0.156. The second kappa shape index (κ2) is 6.88. The lowest BCUT2D eigenvalue weighted by Gasteiger charge is -2.33. The van der Waals surface area contributed by atoms with Crippen LogP contribution in [0.25, 0.3) is 0 Å². The maximum absolute atomic E-state index is 11.6. The predicted octanol–water partition coefficient (Wildman–Crippen LogP) is 1.03. The van der Waals surface area contributed by atoms with Crippen molar-refractivity contribution in [3.63, 3.8) is 0 Å². The number of hydrogen-bond acceptors (Lipinski definition) is 4. The van der Waals surface area contributed by atoms with Crippen molar-refractivity contribution >= 4 is 17.7 Å². The fourth-order valence-electron chi connectivity index (χ4n) is 2.31. The van der Waals surface area contributed by atoms with Crippen LogP contribution in [0.4, 0.5) is 5.82 Å². The zero-order valence-electron chi connectivity index (χ0n) is 11.3. The summed E-state index contributed by atoms with van der Waals surface area (Å²) in [6.07, 6.45) is 3.42. The first-order valence-electron chi connectivity index (χ1n) is 6.82. The average Bonchev–Trinajstić information content (AvgIpc) is 2.47. The van der Waals surface area contributed by atoms with Crippen molar-refractivity contribution < 1.29 is 14.7 Å². The quantitative estimate of drug-likeness (QED) is 0.840. The standard InChI is InChI=1S/C14H19N3O3/c18-13(4-5-14(19)20)16-11-6-9-17(10-7-11)12-3-1-2-8-15-12/h1-3,8,11H,4-7,9-10H2,(H,16,18)(H,19,20). The Hall–Kier alpha value is -2.11. The second-order valence-electron chi connectivity index (χ2n) is 4.91. The monoisotopic (exact) mass is 277 g/mol. The van der Waals surface area contributed by atoms with Crippen LogP contribution in [0.3, 0.4) is 0 Å². The van der Waals surface area contributed by atoms with Gasteiger partial charge in [-0.2, -0.15) is 0 Å². The third kappa shape index (κ3) is 4.22. The lowest BCUT2D eigenvalue weighted by atomic mass is 10.0. The summed E-state index contributed by atoms with van der Waals surface area (Å²) in [5, 5.41) is 11.4. The number of carbonyl (C=O) groups excluding carboxylic acids is 1. The van der Waals surface area contributed by atoms with Gasteiger partial charge in [0.2, 0.25) is 5.91 Å². The number of nitrogens with one attached hydrogen (secondary N) is 1. The summed E-state index contributed by atoms with van der Waals surface area (Å²) in [4.78, 5) is 28.5. The summed E-state index contributed by atoms with van der Waals surface area (Å²) in [7, 11) is 0. The molecule has 0 aromatic carbocycles. The van der Waals surface area contributed by atoms with E-state index in [9.17, 15) is 9.59 Å². The number of rotatable bonds is 5. The minimum Gasteiger partial charge on any atom is -0.481 e. The molecule has 2 rings (SSSR count). The molecule has 0 saturated carbocycles. The van der Waals surface area contributed by atoms with Crippen LogP contribution in [0.1, 0.15) is 25.7 Å². The Morgan fingerprint density at radius 1 is 1.30 bits per heavy atom. The molecule has 2 N–H and O–H groups in total. The molecule has 0 radical (unpaired) electrons. The lowest BCUT2D eigenvalue weighted by molar-refractivity contribution is -0.138. The molecule has 0 bridgehead atoms. The number of aromatic nitrogens is 1. The topological polar surface area (TPSA) is 82.5 Å². The van der Waals surface area contributed by atoms with Gasteiger partial charge >= 0.3 is 5.97 Å². The Labute approximate surface area is 117 Å². The number of anilines is 1. The van der Waals surface area contributed by atoms with E-state index in [4.69, 9.17) is 5.11 Å². The number of hydrogen-bond donors (Lipinski definition) is 2. The van der Waals surface area contributed by atoms with Gasteiger partial charge in [-0.1, -0.05) is 6.07 Å². The van der Waals surface area contributed by atoms with E-state index in [-0.39, 0.29) is 24.8 Å². The Morgan fingerprint density at radius 3 is 2.65 bits per heavy atom. The van der Waals surface area contributed by atoms with E-state index < -0.39 is 5.97 Å². The minimum absolute atomic E-state index is 0.0514. The van der Waals surface area contributed by atoms with Crippen molar-refractivity contribution in [2.24, 2.45) is 0 Å². The summed E-state index contributed by atoms with van der Waals surface area (Å²) >= 11 is 0. The zero-order valence-corrected chi connectivity index (χ0v) is 11.3. The maximum Gasteiger partial charge on any atom is 0.303 e. The van der Waals surface area contributed by atoms with Gasteiger partial charge in [-0.3, -0.25) is 9.59 Å². The van der Waals surface area contributed by atoms with Crippen molar-refractivity contribution in [1.29, 1.82) is 0 Å². The SMILES string of the molecule is O=C(O)CCC(=O)NC1CCN(c2ccccn2)CC1. The Kier molecular flexibility index (Phi) is 4.92. The summed E-state index contributed by atoms with van der Waals surface area (Å²) < 4.78 is 0. The highest BCUT2D eigenvalue weighted by molar-refractivity contribution is 5.80. The summed E-state index contributed by atoms with van der Waals surface area (Å²) in [5.41, 5.74) is 0. The van der Waals surface area contributed by atoms with E-state index in [1.807, 2.05) is 18.2 Å². The van der Waals surface area contributed by atoms with E-state index in [1.165, 1.54) is 0 Å². The molecule has 6 heteroatoms. The highest BCUT2D eigenvalue weighted by Crippen LogP contribution is 2.17. The van der Waals surface area contributed by atoms with Gasteiger partial charge in [-0.15, -0.1) is 0 Å². The molecular weight excluding hydrogens is 258 g/mol. The molecule has 1 amide bonds. The molecule has 1 fully saturated rings. The van der Waals surface area contributed by atoms with Gasteiger partial charge < -0.3 is 15.3 Å². The first kappa shape index (κ1) is 14.3. The van der Waals surface area contributed by atoms with E-state index in [0.717, 1.165) is 31.7 Å². The van der Waals surface area contributed by atoms with Gasteiger partial charge in [-0.25, -0.2) is 4.98 Å². The maximum atomic E-state index is 11.6. The molecular formula is C14H19N3O3. The molecule has 6 nitrogen and oxygen atoms in total. The van der Waals surface area contributed by atoms with E-state index in [2.05, 4.69) is 15.2 Å². The smallest absolute Gasteiger partial charge is 0.303 e. The molecule has 0 spiro atoms. The van der Waals surface area contributed by atoms with Crippen LogP contribution in [-0.2, 0) is 9.59 Å². The van der Waals surface area contributed by atoms with Gasteiger partial charge in [0.05, 0.1) is 6.42 Å². The fourth-order valence-corrected chi connectivity index (χ4v) is 2.31. The average molecular weight is 277 g/mol. The molecule has 1 aromatic heterocycles. The largest absolute Gasteiger partial charge is 0.481 e. The Bertz CT molecular complexity index is 456. The lowest BCUT2D eigenvalue weighted by Crippen LogP contribution is -2.45.